The third-order valence-electron chi connectivity index (χ3n) is 4.39. The SMILES string of the molecule is c1ccc(Oc2ccc(Nc3nccc(Nc4ccc5c(c4)OCO5)n3)cc2)cc1. The average molecular weight is 398 g/mol. The summed E-state index contributed by atoms with van der Waals surface area (Å²) in [5.74, 6) is 4.15. The monoisotopic (exact) mass is 398 g/mol. The molecular formula is C23H18N4O3. The molecule has 4 aromatic rings. The standard InChI is InChI=1S/C23H18N4O3/c1-2-4-18(5-3-1)30-19-9-6-16(7-10-19)26-23-24-13-12-22(27-23)25-17-8-11-20-21(14-17)29-15-28-20/h1-14H,15H2,(H2,24,25,26,27). The highest BCUT2D eigenvalue weighted by Gasteiger charge is 2.13. The van der Waals surface area contributed by atoms with Crippen molar-refractivity contribution in [1.29, 1.82) is 0 Å². The summed E-state index contributed by atoms with van der Waals surface area (Å²) in [5, 5.41) is 6.45. The lowest BCUT2D eigenvalue weighted by Gasteiger charge is -2.10. The van der Waals surface area contributed by atoms with Crippen molar-refractivity contribution in [2.45, 2.75) is 0 Å². The molecule has 5 rings (SSSR count). The van der Waals surface area contributed by atoms with Crippen LogP contribution in [-0.2, 0) is 0 Å². The fraction of sp³-hybridized carbons (Fsp3) is 0.0435. The van der Waals surface area contributed by atoms with E-state index >= 15 is 0 Å². The van der Waals surface area contributed by atoms with Crippen LogP contribution in [0.25, 0.3) is 0 Å². The van der Waals surface area contributed by atoms with Crippen LogP contribution in [0.3, 0.4) is 0 Å². The van der Waals surface area contributed by atoms with E-state index in [-0.39, 0.29) is 6.79 Å². The van der Waals surface area contributed by atoms with Crippen LogP contribution in [0, 0.1) is 0 Å². The van der Waals surface area contributed by atoms with E-state index in [1.54, 1.807) is 12.3 Å². The van der Waals surface area contributed by atoms with Gasteiger partial charge in [-0.15, -0.1) is 0 Å². The molecule has 0 saturated heterocycles. The molecule has 0 atom stereocenters. The van der Waals surface area contributed by atoms with Crippen molar-refractivity contribution in [3.8, 4) is 23.0 Å². The molecule has 0 aliphatic carbocycles. The highest BCUT2D eigenvalue weighted by Crippen LogP contribution is 2.35. The van der Waals surface area contributed by atoms with E-state index < -0.39 is 0 Å². The molecule has 7 heteroatoms. The minimum atomic E-state index is 0.246. The number of aromatic nitrogens is 2. The van der Waals surface area contributed by atoms with Crippen molar-refractivity contribution in [3.05, 3.63) is 85.1 Å². The predicted molar refractivity (Wildman–Crippen MR) is 114 cm³/mol. The van der Waals surface area contributed by atoms with E-state index in [1.807, 2.05) is 72.8 Å². The molecule has 2 heterocycles. The van der Waals surface area contributed by atoms with Gasteiger partial charge in [0.15, 0.2) is 11.5 Å². The van der Waals surface area contributed by atoms with E-state index in [2.05, 4.69) is 20.6 Å². The van der Waals surface area contributed by atoms with E-state index in [0.717, 1.165) is 28.6 Å². The summed E-state index contributed by atoms with van der Waals surface area (Å²) < 4.78 is 16.6. The van der Waals surface area contributed by atoms with Crippen LogP contribution < -0.4 is 24.8 Å². The molecule has 0 fully saturated rings. The van der Waals surface area contributed by atoms with Gasteiger partial charge in [0.2, 0.25) is 12.7 Å². The Morgan fingerprint density at radius 3 is 2.37 bits per heavy atom. The van der Waals surface area contributed by atoms with Gasteiger partial charge in [0, 0.05) is 23.6 Å². The second-order valence-corrected chi connectivity index (χ2v) is 6.52. The third kappa shape index (κ3) is 4.10. The van der Waals surface area contributed by atoms with Crippen molar-refractivity contribution in [1.82, 2.24) is 9.97 Å². The largest absolute Gasteiger partial charge is 0.457 e. The number of fused-ring (bicyclic) bond motifs is 1. The first kappa shape index (κ1) is 17.8. The van der Waals surface area contributed by atoms with Gasteiger partial charge in [-0.25, -0.2) is 4.98 Å². The van der Waals surface area contributed by atoms with Crippen LogP contribution in [0.4, 0.5) is 23.1 Å². The number of nitrogens with one attached hydrogen (secondary N) is 2. The number of nitrogens with zero attached hydrogens (tertiary/aromatic N) is 2. The molecule has 0 spiro atoms. The zero-order chi connectivity index (χ0) is 20.2. The highest BCUT2D eigenvalue weighted by atomic mass is 16.7. The Morgan fingerprint density at radius 1 is 0.733 bits per heavy atom. The first-order chi connectivity index (χ1) is 14.8. The maximum absolute atomic E-state index is 5.81. The maximum atomic E-state index is 5.81. The minimum Gasteiger partial charge on any atom is -0.457 e. The first-order valence-corrected chi connectivity index (χ1v) is 9.41. The first-order valence-electron chi connectivity index (χ1n) is 9.41. The molecule has 1 aliphatic heterocycles. The summed E-state index contributed by atoms with van der Waals surface area (Å²) >= 11 is 0. The number of rotatable bonds is 6. The molecule has 3 aromatic carbocycles. The Balaban J connectivity index is 1.25. The summed E-state index contributed by atoms with van der Waals surface area (Å²) in [6.45, 7) is 0.246. The molecule has 7 nitrogen and oxygen atoms in total. The van der Waals surface area contributed by atoms with Gasteiger partial charge < -0.3 is 24.8 Å². The fourth-order valence-electron chi connectivity index (χ4n) is 2.97. The lowest BCUT2D eigenvalue weighted by molar-refractivity contribution is 0.174. The van der Waals surface area contributed by atoms with Crippen LogP contribution in [0.5, 0.6) is 23.0 Å². The second-order valence-electron chi connectivity index (χ2n) is 6.52. The van der Waals surface area contributed by atoms with Gasteiger partial charge in [0.05, 0.1) is 0 Å². The van der Waals surface area contributed by atoms with Crippen molar-refractivity contribution in [3.63, 3.8) is 0 Å². The van der Waals surface area contributed by atoms with Crippen LogP contribution in [0.1, 0.15) is 0 Å². The fourth-order valence-corrected chi connectivity index (χ4v) is 2.97. The lowest BCUT2D eigenvalue weighted by Crippen LogP contribution is -2.00. The summed E-state index contributed by atoms with van der Waals surface area (Å²) in [5.41, 5.74) is 1.71. The summed E-state index contributed by atoms with van der Waals surface area (Å²) in [6, 6.07) is 24.7. The van der Waals surface area contributed by atoms with Crippen molar-refractivity contribution in [2.75, 3.05) is 17.4 Å². The Labute approximate surface area is 173 Å². The number of hydrogen-bond donors (Lipinski definition) is 2. The Hall–Kier alpha value is -4.26. The molecule has 0 radical (unpaired) electrons. The zero-order valence-electron chi connectivity index (χ0n) is 15.9. The van der Waals surface area contributed by atoms with Gasteiger partial charge in [0.1, 0.15) is 17.3 Å². The van der Waals surface area contributed by atoms with Gasteiger partial charge in [-0.3, -0.25) is 0 Å². The average Bonchev–Trinajstić information content (AvgIpc) is 3.24. The van der Waals surface area contributed by atoms with E-state index in [1.165, 1.54) is 0 Å². The molecule has 1 aromatic heterocycles. The number of anilines is 4. The van der Waals surface area contributed by atoms with Crippen molar-refractivity contribution in [2.24, 2.45) is 0 Å². The highest BCUT2D eigenvalue weighted by molar-refractivity contribution is 5.63. The smallest absolute Gasteiger partial charge is 0.231 e. The summed E-state index contributed by atoms with van der Waals surface area (Å²) in [7, 11) is 0. The molecule has 1 aliphatic rings. The van der Waals surface area contributed by atoms with Crippen LogP contribution in [-0.4, -0.2) is 16.8 Å². The van der Waals surface area contributed by atoms with Crippen molar-refractivity contribution >= 4 is 23.1 Å². The summed E-state index contributed by atoms with van der Waals surface area (Å²) in [4.78, 5) is 8.80. The number of ether oxygens (including phenoxy) is 3. The molecule has 0 saturated carbocycles. The maximum Gasteiger partial charge on any atom is 0.231 e. The Kier molecular flexibility index (Phi) is 4.75. The minimum absolute atomic E-state index is 0.246. The van der Waals surface area contributed by atoms with Crippen LogP contribution in [0.15, 0.2) is 85.1 Å². The Morgan fingerprint density at radius 2 is 1.50 bits per heavy atom. The number of benzene rings is 3. The van der Waals surface area contributed by atoms with E-state index in [9.17, 15) is 0 Å². The molecule has 2 N–H and O–H groups in total. The molecule has 148 valence electrons. The zero-order valence-corrected chi connectivity index (χ0v) is 15.9. The quantitative estimate of drug-likeness (QED) is 0.445. The Bertz CT molecular complexity index is 1150. The van der Waals surface area contributed by atoms with Gasteiger partial charge in [-0.2, -0.15) is 4.98 Å². The normalized spacial score (nSPS) is 11.7. The molecular weight excluding hydrogens is 380 g/mol. The van der Waals surface area contributed by atoms with E-state index in [4.69, 9.17) is 14.2 Å². The van der Waals surface area contributed by atoms with Gasteiger partial charge in [-0.1, -0.05) is 18.2 Å². The van der Waals surface area contributed by atoms with Crippen LogP contribution in [0.2, 0.25) is 0 Å². The lowest BCUT2D eigenvalue weighted by atomic mass is 10.3. The third-order valence-corrected chi connectivity index (χ3v) is 4.39. The van der Waals surface area contributed by atoms with Gasteiger partial charge >= 0.3 is 0 Å². The van der Waals surface area contributed by atoms with Crippen LogP contribution >= 0.6 is 0 Å². The van der Waals surface area contributed by atoms with Crippen molar-refractivity contribution < 1.29 is 14.2 Å². The predicted octanol–water partition coefficient (Wildman–Crippen LogP) is 5.48. The van der Waals surface area contributed by atoms with Gasteiger partial charge in [0.25, 0.3) is 0 Å². The molecule has 0 unspecified atom stereocenters. The second kappa shape index (κ2) is 8.00. The summed E-state index contributed by atoms with van der Waals surface area (Å²) in [6.07, 6.45) is 1.69. The molecule has 0 amide bonds. The van der Waals surface area contributed by atoms with Gasteiger partial charge in [-0.05, 0) is 54.6 Å². The number of hydrogen-bond acceptors (Lipinski definition) is 7. The number of para-hydroxylation sites is 1. The molecule has 0 bridgehead atoms. The molecule has 30 heavy (non-hydrogen) atoms. The topological polar surface area (TPSA) is 77.5 Å². The van der Waals surface area contributed by atoms with E-state index in [0.29, 0.717) is 17.5 Å².